The minimum atomic E-state index is 0.568. The minimum Gasteiger partial charge on any atom is -0.393 e. The Morgan fingerprint density at radius 3 is 2.61 bits per heavy atom. The largest absolute Gasteiger partial charge is 0.393 e. The van der Waals surface area contributed by atoms with Gasteiger partial charge >= 0.3 is 0 Å². The van der Waals surface area contributed by atoms with Crippen LogP contribution in [0.4, 0.5) is 17.3 Å². The summed E-state index contributed by atoms with van der Waals surface area (Å²) >= 11 is 0. The van der Waals surface area contributed by atoms with Gasteiger partial charge in [-0.15, -0.1) is 0 Å². The van der Waals surface area contributed by atoms with E-state index in [0.717, 1.165) is 12.4 Å². The maximum absolute atomic E-state index is 6.02. The average Bonchev–Trinajstić information content (AvgIpc) is 2.40. The number of nitrogens with one attached hydrogen (secondary N) is 1. The summed E-state index contributed by atoms with van der Waals surface area (Å²) in [4.78, 5) is 10.3. The Morgan fingerprint density at radius 2 is 1.94 bits per heavy atom. The van der Waals surface area contributed by atoms with Crippen molar-refractivity contribution in [3.8, 4) is 0 Å². The molecule has 0 aliphatic heterocycles. The maximum Gasteiger partial charge on any atom is 0.157 e. The van der Waals surface area contributed by atoms with Gasteiger partial charge in [-0.2, -0.15) is 0 Å². The van der Waals surface area contributed by atoms with Gasteiger partial charge in [-0.3, -0.25) is 0 Å². The van der Waals surface area contributed by atoms with Crippen LogP contribution in [0.25, 0.3) is 0 Å². The molecule has 5 nitrogen and oxygen atoms in total. The van der Waals surface area contributed by atoms with Gasteiger partial charge in [0.2, 0.25) is 0 Å². The molecule has 0 atom stereocenters. The molecule has 1 heterocycles. The van der Waals surface area contributed by atoms with E-state index in [1.54, 1.807) is 7.05 Å². The fourth-order valence-corrected chi connectivity index (χ4v) is 1.82. The molecule has 0 aliphatic rings. The molecule has 0 saturated carbocycles. The number of aromatic nitrogens is 2. The number of nitrogen functional groups attached to an aromatic ring is 1. The molecule has 5 heteroatoms. The van der Waals surface area contributed by atoms with E-state index in [9.17, 15) is 0 Å². The molecule has 0 aliphatic carbocycles. The Morgan fingerprint density at radius 1 is 1.22 bits per heavy atom. The van der Waals surface area contributed by atoms with Crippen LogP contribution in [0.5, 0.6) is 0 Å². The fraction of sp³-hybridized carbons (Fsp3) is 0.231. The van der Waals surface area contributed by atoms with Gasteiger partial charge in [0.1, 0.15) is 12.0 Å². The van der Waals surface area contributed by atoms with Crippen molar-refractivity contribution in [2.75, 3.05) is 30.0 Å². The minimum absolute atomic E-state index is 0.568. The van der Waals surface area contributed by atoms with E-state index in [2.05, 4.69) is 27.4 Å². The quantitative estimate of drug-likeness (QED) is 0.856. The van der Waals surface area contributed by atoms with Gasteiger partial charge in [0.05, 0.1) is 0 Å². The molecule has 0 fully saturated rings. The smallest absolute Gasteiger partial charge is 0.157 e. The summed E-state index contributed by atoms with van der Waals surface area (Å²) in [6.07, 6.45) is 1.51. The van der Waals surface area contributed by atoms with Crippen LogP contribution in [0.3, 0.4) is 0 Å². The number of benzene rings is 1. The van der Waals surface area contributed by atoms with E-state index in [1.807, 2.05) is 30.1 Å². The number of hydrogen-bond donors (Lipinski definition) is 2. The highest BCUT2D eigenvalue weighted by molar-refractivity contribution is 5.74. The zero-order valence-corrected chi connectivity index (χ0v) is 10.6. The zero-order chi connectivity index (χ0) is 13.0. The van der Waals surface area contributed by atoms with Crippen molar-refractivity contribution in [3.05, 3.63) is 42.2 Å². The molecule has 0 saturated heterocycles. The van der Waals surface area contributed by atoms with Gasteiger partial charge in [0.25, 0.3) is 0 Å². The van der Waals surface area contributed by atoms with Crippen molar-refractivity contribution in [2.24, 2.45) is 0 Å². The Kier molecular flexibility index (Phi) is 3.62. The highest BCUT2D eigenvalue weighted by Gasteiger charge is 2.11. The van der Waals surface area contributed by atoms with Crippen molar-refractivity contribution in [1.29, 1.82) is 0 Å². The summed E-state index contributed by atoms with van der Waals surface area (Å²) in [5.41, 5.74) is 7.80. The summed E-state index contributed by atoms with van der Waals surface area (Å²) in [7, 11) is 3.75. The fourth-order valence-electron chi connectivity index (χ4n) is 1.82. The van der Waals surface area contributed by atoms with Gasteiger partial charge < -0.3 is 16.0 Å². The van der Waals surface area contributed by atoms with Crippen LogP contribution in [0.15, 0.2) is 36.7 Å². The second-order valence-corrected chi connectivity index (χ2v) is 4.05. The standard InChI is InChI=1S/C13H17N5/c1-15-12-11(14)13(17-9-16-12)18(2)8-10-6-4-3-5-7-10/h3-7,9H,8,14H2,1-2H3,(H,15,16,17). The van der Waals surface area contributed by atoms with E-state index in [-0.39, 0.29) is 0 Å². The molecule has 0 unspecified atom stereocenters. The molecule has 1 aromatic carbocycles. The summed E-state index contributed by atoms with van der Waals surface area (Å²) in [5.74, 6) is 1.39. The Bertz CT molecular complexity index is 512. The zero-order valence-electron chi connectivity index (χ0n) is 10.6. The van der Waals surface area contributed by atoms with E-state index in [1.165, 1.54) is 11.9 Å². The first-order valence-corrected chi connectivity index (χ1v) is 5.75. The van der Waals surface area contributed by atoms with E-state index in [0.29, 0.717) is 11.5 Å². The van der Waals surface area contributed by atoms with Gasteiger partial charge in [0, 0.05) is 20.6 Å². The van der Waals surface area contributed by atoms with Crippen molar-refractivity contribution in [1.82, 2.24) is 9.97 Å². The van der Waals surface area contributed by atoms with Crippen LogP contribution in [0, 0.1) is 0 Å². The molecule has 18 heavy (non-hydrogen) atoms. The summed E-state index contributed by atoms with van der Waals surface area (Å²) in [6.45, 7) is 0.755. The average molecular weight is 243 g/mol. The highest BCUT2D eigenvalue weighted by atomic mass is 15.2. The number of rotatable bonds is 4. The molecular formula is C13H17N5. The normalized spacial score (nSPS) is 10.1. The summed E-state index contributed by atoms with van der Waals surface area (Å²) < 4.78 is 0. The lowest BCUT2D eigenvalue weighted by molar-refractivity contribution is 0.894. The van der Waals surface area contributed by atoms with Crippen molar-refractivity contribution < 1.29 is 0 Å². The van der Waals surface area contributed by atoms with Crippen LogP contribution in [0.1, 0.15) is 5.56 Å². The van der Waals surface area contributed by atoms with Crippen molar-refractivity contribution >= 4 is 17.3 Å². The SMILES string of the molecule is CNc1ncnc(N(C)Cc2ccccc2)c1N. The predicted octanol–water partition coefficient (Wildman–Crippen LogP) is 1.74. The van der Waals surface area contributed by atoms with Gasteiger partial charge in [0.15, 0.2) is 11.6 Å². The third kappa shape index (κ3) is 2.51. The molecule has 2 rings (SSSR count). The third-order valence-corrected chi connectivity index (χ3v) is 2.72. The molecule has 1 aromatic heterocycles. The molecular weight excluding hydrogens is 226 g/mol. The van der Waals surface area contributed by atoms with Crippen LogP contribution in [0.2, 0.25) is 0 Å². The van der Waals surface area contributed by atoms with E-state index < -0.39 is 0 Å². The second-order valence-electron chi connectivity index (χ2n) is 4.05. The third-order valence-electron chi connectivity index (χ3n) is 2.72. The van der Waals surface area contributed by atoms with Crippen molar-refractivity contribution in [3.63, 3.8) is 0 Å². The topological polar surface area (TPSA) is 67.1 Å². The molecule has 0 spiro atoms. The van der Waals surface area contributed by atoms with Gasteiger partial charge in [-0.25, -0.2) is 9.97 Å². The van der Waals surface area contributed by atoms with Gasteiger partial charge in [-0.1, -0.05) is 30.3 Å². The van der Waals surface area contributed by atoms with Gasteiger partial charge in [-0.05, 0) is 5.56 Å². The first-order valence-electron chi connectivity index (χ1n) is 5.75. The first-order chi connectivity index (χ1) is 8.72. The number of nitrogens with zero attached hydrogens (tertiary/aromatic N) is 3. The van der Waals surface area contributed by atoms with Crippen LogP contribution < -0.4 is 16.0 Å². The van der Waals surface area contributed by atoms with E-state index in [4.69, 9.17) is 5.73 Å². The Hall–Kier alpha value is -2.30. The monoisotopic (exact) mass is 243 g/mol. The number of hydrogen-bond acceptors (Lipinski definition) is 5. The maximum atomic E-state index is 6.02. The number of anilines is 3. The molecule has 0 amide bonds. The molecule has 0 bridgehead atoms. The van der Waals surface area contributed by atoms with Crippen LogP contribution >= 0.6 is 0 Å². The molecule has 94 valence electrons. The lowest BCUT2D eigenvalue weighted by atomic mass is 10.2. The molecule has 2 aromatic rings. The van der Waals surface area contributed by atoms with Crippen LogP contribution in [-0.4, -0.2) is 24.1 Å². The molecule has 0 radical (unpaired) electrons. The Balaban J connectivity index is 2.21. The number of nitrogens with two attached hydrogens (primary N) is 1. The van der Waals surface area contributed by atoms with Crippen LogP contribution in [-0.2, 0) is 6.54 Å². The Labute approximate surface area is 107 Å². The van der Waals surface area contributed by atoms with E-state index >= 15 is 0 Å². The molecule has 3 N–H and O–H groups in total. The summed E-state index contributed by atoms with van der Waals surface area (Å²) in [6, 6.07) is 10.2. The second kappa shape index (κ2) is 5.35. The highest BCUT2D eigenvalue weighted by Crippen LogP contribution is 2.25. The van der Waals surface area contributed by atoms with Crippen molar-refractivity contribution in [2.45, 2.75) is 6.54 Å². The first kappa shape index (κ1) is 12.2. The predicted molar refractivity (Wildman–Crippen MR) is 74.5 cm³/mol. The lowest BCUT2D eigenvalue weighted by Crippen LogP contribution is -2.20. The lowest BCUT2D eigenvalue weighted by Gasteiger charge is -2.20. The summed E-state index contributed by atoms with van der Waals surface area (Å²) in [5, 5.41) is 2.95.